The van der Waals surface area contributed by atoms with Crippen molar-refractivity contribution in [3.05, 3.63) is 108 Å². The lowest BCUT2D eigenvalue weighted by molar-refractivity contribution is 0.102. The van der Waals surface area contributed by atoms with Crippen molar-refractivity contribution in [3.63, 3.8) is 0 Å². The third-order valence-corrected chi connectivity index (χ3v) is 4.36. The van der Waals surface area contributed by atoms with Crippen molar-refractivity contribution in [2.45, 2.75) is 6.42 Å². The minimum absolute atomic E-state index is 0.140. The summed E-state index contributed by atoms with van der Waals surface area (Å²) in [5.74, 6) is 0.274. The van der Waals surface area contributed by atoms with E-state index in [0.717, 1.165) is 5.56 Å². The standard InChI is InChI=1S/C24H21NO3/c1-3-9-18-16-19(14-15-22(18)28-2)24(27)25-21-13-8-7-12-20(21)23(26)17-10-5-4-6-11-17/h3-8,10-16H,1,9H2,2H3,(H,25,27). The number of methoxy groups -OCH3 is 1. The van der Waals surface area contributed by atoms with E-state index in [9.17, 15) is 9.59 Å². The Hall–Kier alpha value is -3.66. The van der Waals surface area contributed by atoms with E-state index < -0.39 is 0 Å². The maximum atomic E-state index is 12.8. The van der Waals surface area contributed by atoms with Crippen LogP contribution in [0.3, 0.4) is 0 Å². The maximum absolute atomic E-state index is 12.8. The number of allylic oxidation sites excluding steroid dienone is 1. The molecule has 0 fully saturated rings. The Morgan fingerprint density at radius 1 is 0.964 bits per heavy atom. The molecule has 0 aliphatic carbocycles. The van der Waals surface area contributed by atoms with E-state index in [1.807, 2.05) is 18.2 Å². The molecule has 3 aromatic rings. The minimum Gasteiger partial charge on any atom is -0.496 e. The lowest BCUT2D eigenvalue weighted by Crippen LogP contribution is -2.15. The Morgan fingerprint density at radius 2 is 1.68 bits per heavy atom. The summed E-state index contributed by atoms with van der Waals surface area (Å²) in [6.07, 6.45) is 2.35. The molecule has 140 valence electrons. The lowest BCUT2D eigenvalue weighted by atomic mass is 10.0. The highest BCUT2D eigenvalue weighted by molar-refractivity contribution is 6.15. The Labute approximate surface area is 164 Å². The van der Waals surface area contributed by atoms with Crippen molar-refractivity contribution in [1.82, 2.24) is 0 Å². The summed E-state index contributed by atoms with van der Waals surface area (Å²) >= 11 is 0. The highest BCUT2D eigenvalue weighted by atomic mass is 16.5. The predicted molar refractivity (Wildman–Crippen MR) is 111 cm³/mol. The molecule has 0 unspecified atom stereocenters. The van der Waals surface area contributed by atoms with Gasteiger partial charge in [-0.25, -0.2) is 0 Å². The van der Waals surface area contributed by atoms with Gasteiger partial charge >= 0.3 is 0 Å². The SMILES string of the molecule is C=CCc1cc(C(=O)Nc2ccccc2C(=O)c2ccccc2)ccc1OC. The zero-order valence-corrected chi connectivity index (χ0v) is 15.6. The van der Waals surface area contributed by atoms with E-state index in [0.29, 0.717) is 34.5 Å². The summed E-state index contributed by atoms with van der Waals surface area (Å²) in [4.78, 5) is 25.6. The second kappa shape index (κ2) is 8.82. The topological polar surface area (TPSA) is 55.4 Å². The average molecular weight is 371 g/mol. The summed E-state index contributed by atoms with van der Waals surface area (Å²) < 4.78 is 5.33. The molecular formula is C24H21NO3. The molecular weight excluding hydrogens is 350 g/mol. The van der Waals surface area contributed by atoms with E-state index in [4.69, 9.17) is 4.74 Å². The van der Waals surface area contributed by atoms with Gasteiger partial charge in [-0.1, -0.05) is 48.5 Å². The zero-order chi connectivity index (χ0) is 19.9. The second-order valence-corrected chi connectivity index (χ2v) is 6.21. The molecule has 0 aromatic heterocycles. The second-order valence-electron chi connectivity index (χ2n) is 6.21. The quantitative estimate of drug-likeness (QED) is 0.474. The molecule has 3 rings (SSSR count). The van der Waals surface area contributed by atoms with E-state index in [2.05, 4.69) is 11.9 Å². The summed E-state index contributed by atoms with van der Waals surface area (Å²) in [7, 11) is 1.59. The molecule has 28 heavy (non-hydrogen) atoms. The van der Waals surface area contributed by atoms with Crippen LogP contribution in [0, 0.1) is 0 Å². The van der Waals surface area contributed by atoms with E-state index >= 15 is 0 Å². The third kappa shape index (κ3) is 4.18. The van der Waals surface area contributed by atoms with Crippen molar-refractivity contribution in [3.8, 4) is 5.75 Å². The number of hydrogen-bond acceptors (Lipinski definition) is 3. The van der Waals surface area contributed by atoms with Crippen LogP contribution < -0.4 is 10.1 Å². The summed E-state index contributed by atoms with van der Waals surface area (Å²) in [6.45, 7) is 3.74. The average Bonchev–Trinajstić information content (AvgIpc) is 2.74. The predicted octanol–water partition coefficient (Wildman–Crippen LogP) is 4.91. The Morgan fingerprint density at radius 3 is 2.39 bits per heavy atom. The number of ketones is 1. The number of rotatable bonds is 7. The number of anilines is 1. The van der Waals surface area contributed by atoms with Crippen LogP contribution in [-0.4, -0.2) is 18.8 Å². The number of carbonyl (C=O) groups is 2. The molecule has 0 spiro atoms. The molecule has 0 radical (unpaired) electrons. The van der Waals surface area contributed by atoms with Gasteiger partial charge in [-0.05, 0) is 42.3 Å². The number of amides is 1. The van der Waals surface area contributed by atoms with Crippen LogP contribution in [0.25, 0.3) is 0 Å². The van der Waals surface area contributed by atoms with Gasteiger partial charge in [0.2, 0.25) is 0 Å². The molecule has 1 amide bonds. The summed E-state index contributed by atoms with van der Waals surface area (Å²) in [6, 6.07) is 21.2. The third-order valence-electron chi connectivity index (χ3n) is 4.36. The molecule has 1 N–H and O–H groups in total. The van der Waals surface area contributed by atoms with Crippen molar-refractivity contribution in [2.75, 3.05) is 12.4 Å². The monoisotopic (exact) mass is 371 g/mol. The molecule has 4 nitrogen and oxygen atoms in total. The van der Waals surface area contributed by atoms with E-state index in [1.165, 1.54) is 0 Å². The molecule has 0 saturated carbocycles. The summed E-state index contributed by atoms with van der Waals surface area (Å²) in [5.41, 5.74) is 2.85. The van der Waals surface area contributed by atoms with Crippen LogP contribution in [-0.2, 0) is 6.42 Å². The first-order valence-corrected chi connectivity index (χ1v) is 8.92. The molecule has 0 saturated heterocycles. The minimum atomic E-state index is -0.290. The van der Waals surface area contributed by atoms with Gasteiger partial charge < -0.3 is 10.1 Å². The molecule has 0 aliphatic rings. The number of ether oxygens (including phenoxy) is 1. The fourth-order valence-electron chi connectivity index (χ4n) is 2.96. The lowest BCUT2D eigenvalue weighted by Gasteiger charge is -2.12. The van der Waals surface area contributed by atoms with E-state index in [-0.39, 0.29) is 11.7 Å². The molecule has 3 aromatic carbocycles. The first-order chi connectivity index (χ1) is 13.6. The maximum Gasteiger partial charge on any atom is 0.255 e. The zero-order valence-electron chi connectivity index (χ0n) is 15.6. The fraction of sp³-hybridized carbons (Fsp3) is 0.0833. The van der Waals surface area contributed by atoms with Gasteiger partial charge in [0.05, 0.1) is 12.8 Å². The molecule has 0 heterocycles. The van der Waals surface area contributed by atoms with Gasteiger partial charge in [0.1, 0.15) is 5.75 Å². The van der Waals surface area contributed by atoms with Crippen molar-refractivity contribution < 1.29 is 14.3 Å². The normalized spacial score (nSPS) is 10.2. The van der Waals surface area contributed by atoms with Gasteiger partial charge in [-0.15, -0.1) is 6.58 Å². The van der Waals surface area contributed by atoms with Gasteiger partial charge in [-0.2, -0.15) is 0 Å². The summed E-state index contributed by atoms with van der Waals surface area (Å²) in [5, 5.41) is 2.86. The number of benzene rings is 3. The van der Waals surface area contributed by atoms with Crippen LogP contribution in [0.5, 0.6) is 5.75 Å². The molecule has 0 atom stereocenters. The van der Waals surface area contributed by atoms with E-state index in [1.54, 1.807) is 67.8 Å². The van der Waals surface area contributed by atoms with Crippen LogP contribution in [0.15, 0.2) is 85.5 Å². The smallest absolute Gasteiger partial charge is 0.255 e. The van der Waals surface area contributed by atoms with Gasteiger partial charge in [0.25, 0.3) is 5.91 Å². The van der Waals surface area contributed by atoms with Crippen LogP contribution >= 0.6 is 0 Å². The van der Waals surface area contributed by atoms with Crippen molar-refractivity contribution >= 4 is 17.4 Å². The molecule has 0 bridgehead atoms. The molecule has 4 heteroatoms. The van der Waals surface area contributed by atoms with Gasteiger partial charge in [-0.3, -0.25) is 9.59 Å². The first-order valence-electron chi connectivity index (χ1n) is 8.92. The van der Waals surface area contributed by atoms with Crippen LogP contribution in [0.4, 0.5) is 5.69 Å². The number of carbonyl (C=O) groups excluding carboxylic acids is 2. The highest BCUT2D eigenvalue weighted by Gasteiger charge is 2.16. The number of para-hydroxylation sites is 1. The largest absolute Gasteiger partial charge is 0.496 e. The fourth-order valence-corrected chi connectivity index (χ4v) is 2.96. The van der Waals surface area contributed by atoms with Crippen LogP contribution in [0.2, 0.25) is 0 Å². The number of hydrogen-bond donors (Lipinski definition) is 1. The van der Waals surface area contributed by atoms with Crippen LogP contribution in [0.1, 0.15) is 31.8 Å². The Bertz CT molecular complexity index is 1010. The highest BCUT2D eigenvalue weighted by Crippen LogP contribution is 2.23. The van der Waals surface area contributed by atoms with Gasteiger partial charge in [0, 0.05) is 16.7 Å². The van der Waals surface area contributed by atoms with Crippen molar-refractivity contribution in [2.24, 2.45) is 0 Å². The Balaban J connectivity index is 1.88. The Kier molecular flexibility index (Phi) is 6.02. The van der Waals surface area contributed by atoms with Gasteiger partial charge in [0.15, 0.2) is 5.78 Å². The number of nitrogens with one attached hydrogen (secondary N) is 1. The molecule has 0 aliphatic heterocycles. The van der Waals surface area contributed by atoms with Crippen molar-refractivity contribution in [1.29, 1.82) is 0 Å². The first kappa shape index (κ1) is 19.1.